The first kappa shape index (κ1) is 34.0. The maximum atomic E-state index is 13.7. The number of hydrogen-bond acceptors (Lipinski definition) is 10. The van der Waals surface area contributed by atoms with E-state index in [1.54, 1.807) is 50.2 Å². The molecule has 2 aromatic heterocycles. The molecule has 2 unspecified atom stereocenters. The van der Waals surface area contributed by atoms with E-state index < -0.39 is 46.8 Å². The fourth-order valence-corrected chi connectivity index (χ4v) is 6.74. The van der Waals surface area contributed by atoms with Gasteiger partial charge in [0.15, 0.2) is 0 Å². The molecule has 2 fully saturated rings. The Morgan fingerprint density at radius 1 is 0.740 bits per heavy atom. The van der Waals surface area contributed by atoms with Gasteiger partial charge >= 0.3 is 0 Å². The van der Waals surface area contributed by atoms with Gasteiger partial charge in [0.25, 0.3) is 11.1 Å². The number of piperidine rings is 2. The standard InChI is InChI=1S/C35H35N7O8/c1-18-36-22-9-5-7-20(30(22)34(49)41(18)25-13-15-28(45)39-32(25)47)17-21(43)8-3-4-12-27(44)38-24-11-6-10-23-31(24)35(50)42(19(2)37-23)26-14-16-29(46)40-33(26)48/h5-7,9-11,25-26H,3-4,8,12-17H2,1-2H3,(H,38,44)(H,39,45,47)(H,40,46,48). The summed E-state index contributed by atoms with van der Waals surface area (Å²) in [4.78, 5) is 111. The first-order valence-electron chi connectivity index (χ1n) is 16.4. The van der Waals surface area contributed by atoms with Gasteiger partial charge in [-0.1, -0.05) is 18.2 Å². The molecule has 0 bridgehead atoms. The van der Waals surface area contributed by atoms with E-state index in [0.717, 1.165) is 0 Å². The van der Waals surface area contributed by atoms with Gasteiger partial charge in [-0.3, -0.25) is 58.1 Å². The van der Waals surface area contributed by atoms with Crippen molar-refractivity contribution in [2.75, 3.05) is 5.32 Å². The summed E-state index contributed by atoms with van der Waals surface area (Å²) in [5.74, 6) is -1.84. The quantitative estimate of drug-likeness (QED) is 0.164. The molecule has 15 nitrogen and oxygen atoms in total. The second-order valence-corrected chi connectivity index (χ2v) is 12.6. The Labute approximate surface area is 284 Å². The van der Waals surface area contributed by atoms with E-state index >= 15 is 0 Å². The average molecular weight is 682 g/mol. The van der Waals surface area contributed by atoms with Crippen molar-refractivity contribution in [3.63, 3.8) is 0 Å². The molecule has 2 aliphatic heterocycles. The third-order valence-electron chi connectivity index (χ3n) is 9.11. The zero-order valence-corrected chi connectivity index (χ0v) is 27.5. The van der Waals surface area contributed by atoms with Crippen molar-refractivity contribution in [2.24, 2.45) is 0 Å². The number of nitrogens with one attached hydrogen (secondary N) is 3. The largest absolute Gasteiger partial charge is 0.325 e. The number of ketones is 1. The van der Waals surface area contributed by atoms with Crippen LogP contribution in [0.5, 0.6) is 0 Å². The van der Waals surface area contributed by atoms with E-state index in [1.807, 2.05) is 0 Å². The van der Waals surface area contributed by atoms with Crippen LogP contribution < -0.4 is 27.1 Å². The van der Waals surface area contributed by atoms with Crippen molar-refractivity contribution in [2.45, 2.75) is 83.7 Å². The number of carbonyl (C=O) groups excluding carboxylic acids is 6. The van der Waals surface area contributed by atoms with E-state index in [9.17, 15) is 38.4 Å². The predicted octanol–water partition coefficient (Wildman–Crippen LogP) is 1.99. The molecule has 50 heavy (non-hydrogen) atoms. The normalized spacial score (nSPS) is 17.9. The third-order valence-corrected chi connectivity index (χ3v) is 9.11. The summed E-state index contributed by atoms with van der Waals surface area (Å²) < 4.78 is 2.54. The van der Waals surface area contributed by atoms with Crippen molar-refractivity contribution >= 4 is 62.8 Å². The van der Waals surface area contributed by atoms with Crippen molar-refractivity contribution in [1.82, 2.24) is 29.7 Å². The zero-order valence-electron chi connectivity index (χ0n) is 27.5. The van der Waals surface area contributed by atoms with Crippen LogP contribution in [-0.4, -0.2) is 54.4 Å². The molecule has 2 saturated heterocycles. The zero-order chi connectivity index (χ0) is 35.7. The molecule has 0 radical (unpaired) electrons. The lowest BCUT2D eigenvalue weighted by atomic mass is 10.00. The summed E-state index contributed by atoms with van der Waals surface area (Å²) >= 11 is 0. The van der Waals surface area contributed by atoms with E-state index in [4.69, 9.17) is 0 Å². The Morgan fingerprint density at radius 2 is 1.26 bits per heavy atom. The molecule has 5 amide bonds. The summed E-state index contributed by atoms with van der Waals surface area (Å²) in [6.07, 6.45) is 1.46. The Kier molecular flexibility index (Phi) is 9.48. The van der Waals surface area contributed by atoms with Crippen molar-refractivity contribution in [1.29, 1.82) is 0 Å². The molecule has 15 heteroatoms. The van der Waals surface area contributed by atoms with Crippen molar-refractivity contribution < 1.29 is 28.8 Å². The number of rotatable bonds is 10. The van der Waals surface area contributed by atoms with Gasteiger partial charge in [-0.05, 0) is 63.3 Å². The number of aromatic nitrogens is 4. The van der Waals surface area contributed by atoms with Gasteiger partial charge in [-0.15, -0.1) is 0 Å². The fraction of sp³-hybridized carbons (Fsp3) is 0.371. The smallest absolute Gasteiger partial charge is 0.264 e. The number of hydrogen-bond donors (Lipinski definition) is 3. The van der Waals surface area contributed by atoms with Crippen LogP contribution in [0.2, 0.25) is 0 Å². The molecule has 0 spiro atoms. The Hall–Kier alpha value is -5.86. The van der Waals surface area contributed by atoms with Gasteiger partial charge in [0.1, 0.15) is 29.5 Å². The Morgan fingerprint density at radius 3 is 1.84 bits per heavy atom. The van der Waals surface area contributed by atoms with Crippen LogP contribution in [0.1, 0.15) is 80.7 Å². The van der Waals surface area contributed by atoms with Crippen LogP contribution in [0.25, 0.3) is 21.8 Å². The minimum absolute atomic E-state index is 0.0409. The summed E-state index contributed by atoms with van der Waals surface area (Å²) in [5, 5.41) is 7.68. The van der Waals surface area contributed by atoms with E-state index in [1.165, 1.54) is 9.13 Å². The van der Waals surface area contributed by atoms with Crippen LogP contribution in [0.15, 0.2) is 46.0 Å². The molecular weight excluding hydrogens is 646 g/mol. The van der Waals surface area contributed by atoms with Gasteiger partial charge in [0, 0.05) is 32.1 Å². The number of amides is 5. The minimum Gasteiger partial charge on any atom is -0.325 e. The average Bonchev–Trinajstić information content (AvgIpc) is 3.05. The number of aryl methyl sites for hydroxylation is 2. The first-order valence-corrected chi connectivity index (χ1v) is 16.4. The van der Waals surface area contributed by atoms with Crippen LogP contribution in [0.3, 0.4) is 0 Å². The molecule has 0 aliphatic carbocycles. The van der Waals surface area contributed by atoms with Crippen LogP contribution in [0, 0.1) is 13.8 Å². The summed E-state index contributed by atoms with van der Waals surface area (Å²) in [6.45, 7) is 3.22. The van der Waals surface area contributed by atoms with Crippen molar-refractivity contribution in [3.05, 3.63) is 74.3 Å². The maximum Gasteiger partial charge on any atom is 0.264 e. The highest BCUT2D eigenvalue weighted by atomic mass is 16.2. The molecule has 4 aromatic rings. The highest BCUT2D eigenvalue weighted by Crippen LogP contribution is 2.25. The Balaban J connectivity index is 1.10. The third kappa shape index (κ3) is 6.70. The number of Topliss-reactive ketones (excluding diaryl/α,β-unsaturated/α-hetero) is 1. The molecule has 258 valence electrons. The number of imide groups is 2. The van der Waals surface area contributed by atoms with Gasteiger partial charge in [0.2, 0.25) is 29.5 Å². The molecular formula is C35H35N7O8. The molecule has 3 N–H and O–H groups in total. The number of fused-ring (bicyclic) bond motifs is 2. The van der Waals surface area contributed by atoms with Crippen molar-refractivity contribution in [3.8, 4) is 0 Å². The lowest BCUT2D eigenvalue weighted by molar-refractivity contribution is -0.137. The topological polar surface area (TPSA) is 208 Å². The summed E-state index contributed by atoms with van der Waals surface area (Å²) in [6, 6.07) is 8.14. The number of carbonyl (C=O) groups is 6. The van der Waals surface area contributed by atoms with Crippen LogP contribution in [-0.2, 0) is 35.2 Å². The van der Waals surface area contributed by atoms with Crippen LogP contribution >= 0.6 is 0 Å². The lowest BCUT2D eigenvalue weighted by Gasteiger charge is -2.24. The number of benzene rings is 2. The summed E-state index contributed by atoms with van der Waals surface area (Å²) in [5.41, 5.74) is 0.509. The SMILES string of the molecule is Cc1nc2cccc(CC(=O)CCCCC(=O)Nc3cccc4nc(C)n(C5CCC(=O)NC5=O)c(=O)c34)c2c(=O)n1C1CCC(=O)NC1=O. The van der Waals surface area contributed by atoms with Gasteiger partial charge in [-0.25, -0.2) is 9.97 Å². The second-order valence-electron chi connectivity index (χ2n) is 12.6. The fourth-order valence-electron chi connectivity index (χ4n) is 6.74. The molecule has 4 heterocycles. The highest BCUT2D eigenvalue weighted by Gasteiger charge is 2.32. The van der Waals surface area contributed by atoms with E-state index in [0.29, 0.717) is 41.1 Å². The number of unbranched alkanes of at least 4 members (excludes halogenated alkanes) is 1. The molecule has 2 aromatic carbocycles. The Bertz CT molecular complexity index is 2080. The molecule has 2 aliphatic rings. The first-order chi connectivity index (χ1) is 23.9. The lowest BCUT2D eigenvalue weighted by Crippen LogP contribution is -2.45. The molecule has 2 atom stereocenters. The highest BCUT2D eigenvalue weighted by molar-refractivity contribution is 6.02. The minimum atomic E-state index is -0.904. The monoisotopic (exact) mass is 681 g/mol. The van der Waals surface area contributed by atoms with Gasteiger partial charge in [-0.2, -0.15) is 0 Å². The second kappa shape index (κ2) is 13.9. The van der Waals surface area contributed by atoms with E-state index in [2.05, 4.69) is 25.9 Å². The number of anilines is 1. The maximum absolute atomic E-state index is 13.7. The molecule has 0 saturated carbocycles. The van der Waals surface area contributed by atoms with Gasteiger partial charge < -0.3 is 5.32 Å². The molecule has 6 rings (SSSR count). The van der Waals surface area contributed by atoms with Crippen LogP contribution in [0.4, 0.5) is 5.69 Å². The number of nitrogens with zero attached hydrogens (tertiary/aromatic N) is 4. The van der Waals surface area contributed by atoms with E-state index in [-0.39, 0.29) is 73.1 Å². The summed E-state index contributed by atoms with van der Waals surface area (Å²) in [7, 11) is 0. The predicted molar refractivity (Wildman–Crippen MR) is 180 cm³/mol. The van der Waals surface area contributed by atoms with Gasteiger partial charge in [0.05, 0.1) is 27.5 Å².